The van der Waals surface area contributed by atoms with Crippen LogP contribution in [0.15, 0.2) is 24.3 Å². The zero-order valence-electron chi connectivity index (χ0n) is 16.5. The summed E-state index contributed by atoms with van der Waals surface area (Å²) in [6.45, 7) is 2.22. The number of carbonyl (C=O) groups excluding carboxylic acids is 1. The van der Waals surface area contributed by atoms with Crippen molar-refractivity contribution >= 4 is 16.8 Å². The quantitative estimate of drug-likeness (QED) is 0.246. The molecule has 1 N–H and O–H groups in total. The summed E-state index contributed by atoms with van der Waals surface area (Å²) in [5.74, 6) is -0.181. The third-order valence-corrected chi connectivity index (χ3v) is 4.28. The molecular weight excluding hydrogens is 602 g/mol. The molecule has 0 aliphatic carbocycles. The van der Waals surface area contributed by atoms with Crippen LogP contribution >= 0.6 is 0 Å². The van der Waals surface area contributed by atoms with Crippen molar-refractivity contribution in [2.75, 3.05) is 20.2 Å². The number of nitrogens with one attached hydrogen (secondary N) is 1. The summed E-state index contributed by atoms with van der Waals surface area (Å²) in [6.07, 6.45) is 6.22. The van der Waals surface area contributed by atoms with E-state index in [4.69, 9.17) is 9.57 Å². The summed E-state index contributed by atoms with van der Waals surface area (Å²) < 4.78 is 7.39. The average molecular weight is 627 g/mol. The minimum Gasteiger partial charge on any atom is -0.660 e. The summed E-state index contributed by atoms with van der Waals surface area (Å²) in [7, 11) is 1.78. The van der Waals surface area contributed by atoms with Gasteiger partial charge in [0.2, 0.25) is 5.91 Å². The largest absolute Gasteiger partial charge is 2.00 e. The van der Waals surface area contributed by atoms with Gasteiger partial charge >= 0.3 is 79.3 Å². The molecule has 1 aliphatic heterocycles. The van der Waals surface area contributed by atoms with Crippen LogP contribution in [-0.2, 0) is 48.6 Å². The zero-order chi connectivity index (χ0) is 18.2. The Labute approximate surface area is 229 Å². The molecule has 1 saturated heterocycles. The molecule has 7 nitrogen and oxygen atoms in total. The van der Waals surface area contributed by atoms with Crippen molar-refractivity contribution in [2.45, 2.75) is 45.2 Å². The van der Waals surface area contributed by atoms with Crippen LogP contribution < -0.4 is 63.7 Å². The summed E-state index contributed by atoms with van der Waals surface area (Å²) in [6, 6.07) is 8.13. The van der Waals surface area contributed by atoms with Crippen LogP contribution in [0.25, 0.3) is 21.5 Å². The van der Waals surface area contributed by atoms with Crippen molar-refractivity contribution in [3.8, 4) is 0 Å². The number of para-hydroxylation sites is 1. The van der Waals surface area contributed by atoms with Crippen LogP contribution in [0, 0.1) is 6.20 Å². The number of carbonyl (C=O) groups is 1. The molecule has 0 radical (unpaired) electrons. The van der Waals surface area contributed by atoms with Crippen LogP contribution in [0.5, 0.6) is 0 Å². The topological polar surface area (TPSA) is 80.7 Å². The second-order valence-electron chi connectivity index (χ2n) is 6.29. The maximum absolute atomic E-state index is 11.8. The smallest absolute Gasteiger partial charge is 0.660 e. The second-order valence-corrected chi connectivity index (χ2v) is 6.29. The van der Waals surface area contributed by atoms with Gasteiger partial charge in [-0.05, 0) is 12.8 Å². The van der Waals surface area contributed by atoms with E-state index >= 15 is 0 Å². The fourth-order valence-electron chi connectivity index (χ4n) is 2.98. The average Bonchev–Trinajstić information content (AvgIpc) is 3.03. The third kappa shape index (κ3) is 8.01. The van der Waals surface area contributed by atoms with Gasteiger partial charge in [0.05, 0.1) is 0 Å². The molecule has 28 heavy (non-hydrogen) atoms. The molecule has 0 bridgehead atoms. The van der Waals surface area contributed by atoms with Crippen molar-refractivity contribution in [1.82, 2.24) is 10.0 Å². The summed E-state index contributed by atoms with van der Waals surface area (Å²) >= 11 is 0. The minimum absolute atomic E-state index is 0. The standard InChI is InChI=1S/C19H25N4O3.Rb.W/c1-20-14-23-13-15(16-6-2-3-7-17(16)23)12-21-10-9-18(24)22-26-19-8-4-5-11-25-19;;/h2-3,6-7,19H,4-5,8-12,14H2,1H3,(H,22,24);;/q-3;+1;+2. The van der Waals surface area contributed by atoms with E-state index in [0.717, 1.165) is 35.7 Å². The molecule has 1 aliphatic rings. The van der Waals surface area contributed by atoms with Crippen LogP contribution in [0.4, 0.5) is 0 Å². The van der Waals surface area contributed by atoms with Crippen LogP contribution in [0.2, 0.25) is 0 Å². The Morgan fingerprint density at radius 1 is 1.39 bits per heavy atom. The van der Waals surface area contributed by atoms with Gasteiger partial charge in [-0.3, -0.25) is 4.79 Å². The van der Waals surface area contributed by atoms with E-state index in [1.54, 1.807) is 7.05 Å². The summed E-state index contributed by atoms with van der Waals surface area (Å²) in [4.78, 5) is 17.1. The molecule has 1 unspecified atom stereocenters. The molecule has 3 rings (SSSR count). The van der Waals surface area contributed by atoms with Crippen molar-refractivity contribution < 1.29 is 93.6 Å². The van der Waals surface area contributed by atoms with Gasteiger partial charge in [-0.2, -0.15) is 18.0 Å². The van der Waals surface area contributed by atoms with E-state index < -0.39 is 0 Å². The summed E-state index contributed by atoms with van der Waals surface area (Å²) in [5, 5.41) is 9.78. The van der Waals surface area contributed by atoms with Crippen LogP contribution in [0.1, 0.15) is 31.2 Å². The number of fused-ring (bicyclic) bond motifs is 1. The number of amides is 1. The van der Waals surface area contributed by atoms with Crippen LogP contribution in [0.3, 0.4) is 0 Å². The Hall–Kier alpha value is 0.564. The maximum atomic E-state index is 11.8. The van der Waals surface area contributed by atoms with Crippen molar-refractivity contribution in [3.63, 3.8) is 0 Å². The van der Waals surface area contributed by atoms with Crippen molar-refractivity contribution in [3.05, 3.63) is 46.7 Å². The number of nitrogens with zero attached hydrogens (tertiary/aromatic N) is 3. The Balaban J connectivity index is 0.00000196. The maximum Gasteiger partial charge on any atom is 2.00 e. The molecule has 1 atom stereocenters. The van der Waals surface area contributed by atoms with E-state index in [1.165, 1.54) is 0 Å². The van der Waals surface area contributed by atoms with E-state index in [2.05, 4.69) is 34.4 Å². The molecule has 2 heterocycles. The number of benzene rings is 1. The first kappa shape index (κ1) is 26.6. The van der Waals surface area contributed by atoms with Gasteiger partial charge < -0.3 is 19.9 Å². The van der Waals surface area contributed by atoms with Gasteiger partial charge in [-0.1, -0.05) is 18.8 Å². The predicted molar refractivity (Wildman–Crippen MR) is 99.4 cm³/mol. The van der Waals surface area contributed by atoms with Gasteiger partial charge in [-0.25, -0.2) is 10.3 Å². The number of aromatic nitrogens is 1. The number of rotatable bonds is 9. The van der Waals surface area contributed by atoms with E-state index in [-0.39, 0.29) is 97.9 Å². The fraction of sp³-hybridized carbons (Fsp3) is 0.526. The van der Waals surface area contributed by atoms with Gasteiger partial charge in [0, 0.05) is 19.4 Å². The molecule has 0 spiro atoms. The Kier molecular flexibility index (Phi) is 13.8. The number of hydroxylamine groups is 1. The Morgan fingerprint density at radius 3 is 2.96 bits per heavy atom. The zero-order valence-corrected chi connectivity index (χ0v) is 24.4. The number of hydrogen-bond acceptors (Lipinski definition) is 3. The molecule has 1 amide bonds. The molecule has 1 aromatic heterocycles. The first-order valence-corrected chi connectivity index (χ1v) is 9.02. The van der Waals surface area contributed by atoms with Gasteiger partial charge in [0.25, 0.3) is 0 Å². The number of hydrogen-bond donors (Lipinski definition) is 1. The first-order chi connectivity index (χ1) is 12.8. The van der Waals surface area contributed by atoms with E-state index in [9.17, 15) is 4.79 Å². The Bertz CT molecular complexity index is 722. The van der Waals surface area contributed by atoms with Crippen molar-refractivity contribution in [2.24, 2.45) is 0 Å². The molecule has 0 saturated carbocycles. The van der Waals surface area contributed by atoms with E-state index in [0.29, 0.717) is 26.4 Å². The third-order valence-electron chi connectivity index (χ3n) is 4.28. The molecule has 146 valence electrons. The first-order valence-electron chi connectivity index (χ1n) is 9.02. The normalized spacial score (nSPS) is 16.2. The molecular formula is C19H25N4O3RbW. The van der Waals surface area contributed by atoms with Gasteiger partial charge in [0.1, 0.15) is 0 Å². The fourth-order valence-corrected chi connectivity index (χ4v) is 2.98. The van der Waals surface area contributed by atoms with Gasteiger partial charge in [0.15, 0.2) is 6.29 Å². The second kappa shape index (κ2) is 14.5. The molecule has 1 fully saturated rings. The molecule has 2 aromatic rings. The monoisotopic (exact) mass is 626 g/mol. The van der Waals surface area contributed by atoms with E-state index in [1.807, 2.05) is 16.7 Å². The van der Waals surface area contributed by atoms with Crippen molar-refractivity contribution in [1.29, 1.82) is 0 Å². The number of ether oxygens (including phenoxy) is 1. The minimum atomic E-state index is -0.325. The molecule has 1 aromatic carbocycles. The summed E-state index contributed by atoms with van der Waals surface area (Å²) in [5.41, 5.74) is 4.58. The Morgan fingerprint density at radius 2 is 2.21 bits per heavy atom. The van der Waals surface area contributed by atoms with Crippen LogP contribution in [-0.4, -0.2) is 37.0 Å². The van der Waals surface area contributed by atoms with Gasteiger partial charge in [-0.15, -0.1) is 36.9 Å². The SMILES string of the molecule is C[N-]Cn1[c-]c(C[N-]CCC(=O)NOC2CCCCO2)c2ccccc21.[Rb+].[W+2]. The molecule has 9 heteroatoms. The predicted octanol–water partition coefficient (Wildman–Crippen LogP) is 0.242.